The molecule has 94 valence electrons. The lowest BCUT2D eigenvalue weighted by Gasteiger charge is -2.23. The summed E-state index contributed by atoms with van der Waals surface area (Å²) in [7, 11) is -2.85. The number of nitrogens with one attached hydrogen (secondary N) is 1. The summed E-state index contributed by atoms with van der Waals surface area (Å²) < 4.78 is 22.9. The van der Waals surface area contributed by atoms with E-state index in [0.717, 1.165) is 18.4 Å². The molecule has 0 amide bonds. The Labute approximate surface area is 102 Å². The second-order valence-electron chi connectivity index (χ2n) is 4.50. The molecule has 1 aromatic rings. The van der Waals surface area contributed by atoms with E-state index in [1.54, 1.807) is 12.1 Å². The number of sulfone groups is 1. The zero-order chi connectivity index (χ0) is 12.3. The molecule has 0 radical (unpaired) electrons. The molecule has 1 fully saturated rings. The van der Waals surface area contributed by atoms with Gasteiger partial charge in [0, 0.05) is 12.6 Å². The molecule has 0 saturated carbocycles. The van der Waals surface area contributed by atoms with E-state index in [0.29, 0.717) is 12.3 Å². The first kappa shape index (κ1) is 12.4. The molecule has 1 aromatic carbocycles. The first-order valence-electron chi connectivity index (χ1n) is 5.77. The van der Waals surface area contributed by atoms with Gasteiger partial charge in [0.25, 0.3) is 0 Å². The summed E-state index contributed by atoms with van der Waals surface area (Å²) in [6.07, 6.45) is 1.66. The van der Waals surface area contributed by atoms with Gasteiger partial charge in [-0.15, -0.1) is 0 Å². The molecule has 1 unspecified atom stereocenters. The maximum absolute atomic E-state index is 11.4. The van der Waals surface area contributed by atoms with Crippen molar-refractivity contribution in [2.75, 3.05) is 11.5 Å². The second-order valence-corrected chi connectivity index (χ2v) is 6.73. The van der Waals surface area contributed by atoms with Gasteiger partial charge >= 0.3 is 0 Å². The third-order valence-corrected chi connectivity index (χ3v) is 4.82. The van der Waals surface area contributed by atoms with E-state index < -0.39 is 9.84 Å². The number of aromatic hydroxyl groups is 1. The summed E-state index contributed by atoms with van der Waals surface area (Å²) in [6, 6.07) is 6.99. The van der Waals surface area contributed by atoms with Gasteiger partial charge in [0.1, 0.15) is 5.75 Å². The van der Waals surface area contributed by atoms with Crippen LogP contribution in [0.25, 0.3) is 0 Å². The fourth-order valence-electron chi connectivity index (χ4n) is 2.06. The molecule has 2 N–H and O–H groups in total. The molecular formula is C12H17NO3S. The molecule has 4 nitrogen and oxygen atoms in total. The SMILES string of the molecule is O=S1(=O)CCCC(NCc2ccc(O)cc2)C1. The summed E-state index contributed by atoms with van der Waals surface area (Å²) in [5, 5.41) is 12.4. The van der Waals surface area contributed by atoms with Gasteiger partial charge < -0.3 is 10.4 Å². The number of rotatable bonds is 3. The van der Waals surface area contributed by atoms with E-state index in [1.165, 1.54) is 0 Å². The van der Waals surface area contributed by atoms with E-state index >= 15 is 0 Å². The molecule has 1 heterocycles. The highest BCUT2D eigenvalue weighted by atomic mass is 32.2. The number of hydrogen-bond donors (Lipinski definition) is 2. The molecule has 0 spiro atoms. The lowest BCUT2D eigenvalue weighted by Crippen LogP contribution is -2.39. The maximum Gasteiger partial charge on any atom is 0.151 e. The maximum atomic E-state index is 11.4. The van der Waals surface area contributed by atoms with Crippen molar-refractivity contribution >= 4 is 9.84 Å². The Hall–Kier alpha value is -1.07. The van der Waals surface area contributed by atoms with Crippen LogP contribution in [0.1, 0.15) is 18.4 Å². The molecule has 5 heteroatoms. The van der Waals surface area contributed by atoms with Gasteiger partial charge in [-0.3, -0.25) is 0 Å². The van der Waals surface area contributed by atoms with Gasteiger partial charge in [0.15, 0.2) is 9.84 Å². The van der Waals surface area contributed by atoms with E-state index in [1.807, 2.05) is 12.1 Å². The highest BCUT2D eigenvalue weighted by Crippen LogP contribution is 2.14. The number of hydrogen-bond acceptors (Lipinski definition) is 4. The second kappa shape index (κ2) is 5.06. The van der Waals surface area contributed by atoms with Crippen LogP contribution in [0.2, 0.25) is 0 Å². The van der Waals surface area contributed by atoms with Crippen LogP contribution >= 0.6 is 0 Å². The molecule has 1 aliphatic rings. The minimum atomic E-state index is -2.85. The van der Waals surface area contributed by atoms with Gasteiger partial charge in [-0.05, 0) is 30.5 Å². The van der Waals surface area contributed by atoms with Gasteiger partial charge in [0.2, 0.25) is 0 Å². The fraction of sp³-hybridized carbons (Fsp3) is 0.500. The van der Waals surface area contributed by atoms with Crippen LogP contribution in [0.4, 0.5) is 0 Å². The zero-order valence-corrected chi connectivity index (χ0v) is 10.4. The third kappa shape index (κ3) is 3.71. The molecular weight excluding hydrogens is 238 g/mol. The highest BCUT2D eigenvalue weighted by Gasteiger charge is 2.23. The van der Waals surface area contributed by atoms with E-state index in [4.69, 9.17) is 5.11 Å². The Bertz CT molecular complexity index is 467. The number of phenolic OH excluding ortho intramolecular Hbond substituents is 1. The van der Waals surface area contributed by atoms with Gasteiger partial charge in [-0.25, -0.2) is 8.42 Å². The van der Waals surface area contributed by atoms with Crippen molar-refractivity contribution in [1.29, 1.82) is 0 Å². The first-order valence-corrected chi connectivity index (χ1v) is 7.59. The van der Waals surface area contributed by atoms with Crippen molar-refractivity contribution in [2.24, 2.45) is 0 Å². The Morgan fingerprint density at radius 1 is 1.29 bits per heavy atom. The number of benzene rings is 1. The summed E-state index contributed by atoms with van der Waals surface area (Å²) in [5.41, 5.74) is 1.05. The van der Waals surface area contributed by atoms with Crippen molar-refractivity contribution < 1.29 is 13.5 Å². The summed E-state index contributed by atoms with van der Waals surface area (Å²) in [6.45, 7) is 0.639. The minimum absolute atomic E-state index is 0.0579. The van der Waals surface area contributed by atoms with Gasteiger partial charge in [-0.2, -0.15) is 0 Å². The normalized spacial score (nSPS) is 23.4. The largest absolute Gasteiger partial charge is 0.508 e. The number of phenols is 1. The van der Waals surface area contributed by atoms with Crippen molar-refractivity contribution in [3.05, 3.63) is 29.8 Å². The third-order valence-electron chi connectivity index (χ3n) is 2.99. The van der Waals surface area contributed by atoms with E-state index in [2.05, 4.69) is 5.32 Å². The lowest BCUT2D eigenvalue weighted by molar-refractivity contribution is 0.472. The molecule has 0 aromatic heterocycles. The average Bonchev–Trinajstić information content (AvgIpc) is 2.27. The fourth-order valence-corrected chi connectivity index (χ4v) is 3.73. The predicted octanol–water partition coefficient (Wildman–Crippen LogP) is 1.06. The van der Waals surface area contributed by atoms with Crippen LogP contribution in [-0.2, 0) is 16.4 Å². The average molecular weight is 255 g/mol. The van der Waals surface area contributed by atoms with E-state index in [-0.39, 0.29) is 17.5 Å². The minimum Gasteiger partial charge on any atom is -0.508 e. The molecule has 2 rings (SSSR count). The Morgan fingerprint density at radius 2 is 2.00 bits per heavy atom. The lowest BCUT2D eigenvalue weighted by atomic mass is 10.1. The predicted molar refractivity (Wildman–Crippen MR) is 66.6 cm³/mol. The summed E-state index contributed by atoms with van der Waals surface area (Å²) in [4.78, 5) is 0. The van der Waals surface area contributed by atoms with Gasteiger partial charge in [0.05, 0.1) is 11.5 Å². The molecule has 0 aliphatic carbocycles. The molecule has 0 bridgehead atoms. The molecule has 1 aliphatic heterocycles. The highest BCUT2D eigenvalue weighted by molar-refractivity contribution is 7.91. The Kier molecular flexibility index (Phi) is 3.69. The topological polar surface area (TPSA) is 66.4 Å². The van der Waals surface area contributed by atoms with Crippen molar-refractivity contribution in [3.63, 3.8) is 0 Å². The quantitative estimate of drug-likeness (QED) is 0.847. The standard InChI is InChI=1S/C12H17NO3S/c14-12-5-3-10(4-6-12)8-13-11-2-1-7-17(15,16)9-11/h3-6,11,13-14H,1-2,7-9H2. The summed E-state index contributed by atoms with van der Waals surface area (Å²) in [5.74, 6) is 0.809. The smallest absolute Gasteiger partial charge is 0.151 e. The molecule has 1 saturated heterocycles. The van der Waals surface area contributed by atoms with Crippen molar-refractivity contribution in [3.8, 4) is 5.75 Å². The van der Waals surface area contributed by atoms with Crippen LogP contribution in [0.5, 0.6) is 5.75 Å². The molecule has 17 heavy (non-hydrogen) atoms. The first-order chi connectivity index (χ1) is 8.05. The van der Waals surface area contributed by atoms with Crippen molar-refractivity contribution in [2.45, 2.75) is 25.4 Å². The Balaban J connectivity index is 1.88. The van der Waals surface area contributed by atoms with Crippen LogP contribution in [0.3, 0.4) is 0 Å². The van der Waals surface area contributed by atoms with Crippen LogP contribution < -0.4 is 5.32 Å². The van der Waals surface area contributed by atoms with Crippen LogP contribution in [-0.4, -0.2) is 31.1 Å². The van der Waals surface area contributed by atoms with Crippen molar-refractivity contribution in [1.82, 2.24) is 5.32 Å². The van der Waals surface area contributed by atoms with Crippen LogP contribution in [0, 0.1) is 0 Å². The summed E-state index contributed by atoms with van der Waals surface area (Å²) >= 11 is 0. The monoisotopic (exact) mass is 255 g/mol. The van der Waals surface area contributed by atoms with E-state index in [9.17, 15) is 8.42 Å². The Morgan fingerprint density at radius 3 is 2.65 bits per heavy atom. The van der Waals surface area contributed by atoms with Crippen LogP contribution in [0.15, 0.2) is 24.3 Å². The van der Waals surface area contributed by atoms with Gasteiger partial charge in [-0.1, -0.05) is 12.1 Å². The molecule has 1 atom stereocenters. The zero-order valence-electron chi connectivity index (χ0n) is 9.59.